The Morgan fingerprint density at radius 2 is 1.89 bits per heavy atom. The van der Waals surface area contributed by atoms with E-state index in [1.807, 2.05) is 13.8 Å². The molecule has 0 spiro atoms. The highest BCUT2D eigenvalue weighted by Crippen LogP contribution is 2.36. The Balaban J connectivity index is 0.000000637. The number of rotatable bonds is 2. The molecule has 4 heteroatoms. The van der Waals surface area contributed by atoms with Gasteiger partial charge in [0.25, 0.3) is 0 Å². The quantitative estimate of drug-likeness (QED) is 0.736. The van der Waals surface area contributed by atoms with Crippen molar-refractivity contribution < 1.29 is 4.39 Å². The average Bonchev–Trinajstić information content (AvgIpc) is 2.95. The van der Waals surface area contributed by atoms with Crippen LogP contribution in [-0.4, -0.2) is 15.2 Å². The van der Waals surface area contributed by atoms with Gasteiger partial charge in [0.15, 0.2) is 0 Å². The summed E-state index contributed by atoms with van der Waals surface area (Å²) in [5, 5.41) is 2.39. The minimum atomic E-state index is -0.222. The number of nitrogens with zero attached hydrogens (tertiary/aromatic N) is 2. The predicted octanol–water partition coefficient (Wildman–Crippen LogP) is 4.83. The number of thioether (sulfide) groups is 1. The van der Waals surface area contributed by atoms with Crippen LogP contribution in [0.4, 0.5) is 4.39 Å². The molecule has 0 aliphatic heterocycles. The van der Waals surface area contributed by atoms with Crippen molar-refractivity contribution in [1.82, 2.24) is 9.97 Å². The van der Waals surface area contributed by atoms with Gasteiger partial charge in [-0.15, -0.1) is 11.8 Å². The number of hydrogen-bond acceptors (Lipinski definition) is 3. The van der Waals surface area contributed by atoms with Gasteiger partial charge in [0.05, 0.1) is 5.52 Å². The van der Waals surface area contributed by atoms with E-state index in [0.717, 1.165) is 15.9 Å². The van der Waals surface area contributed by atoms with E-state index in [2.05, 4.69) is 9.97 Å². The van der Waals surface area contributed by atoms with Crippen LogP contribution in [0.15, 0.2) is 29.6 Å². The van der Waals surface area contributed by atoms with Crippen molar-refractivity contribution >= 4 is 22.7 Å². The second kappa shape index (κ2) is 6.85. The lowest BCUT2D eigenvalue weighted by atomic mass is 10.2. The largest absolute Gasteiger partial charge is 0.236 e. The molecule has 0 N–H and O–H groups in total. The molecule has 19 heavy (non-hydrogen) atoms. The van der Waals surface area contributed by atoms with Gasteiger partial charge in [0.1, 0.15) is 17.2 Å². The molecule has 1 aliphatic rings. The van der Waals surface area contributed by atoms with E-state index in [1.165, 1.54) is 37.8 Å². The van der Waals surface area contributed by atoms with Crippen LogP contribution in [-0.2, 0) is 0 Å². The first kappa shape index (κ1) is 14.3. The zero-order chi connectivity index (χ0) is 13.7. The summed E-state index contributed by atoms with van der Waals surface area (Å²) in [7, 11) is 0. The van der Waals surface area contributed by atoms with Gasteiger partial charge in [-0.3, -0.25) is 0 Å². The Kier molecular flexibility index (Phi) is 5.14. The summed E-state index contributed by atoms with van der Waals surface area (Å²) in [6.45, 7) is 4.00. The summed E-state index contributed by atoms with van der Waals surface area (Å²) < 4.78 is 13.3. The summed E-state index contributed by atoms with van der Waals surface area (Å²) in [6.07, 6.45) is 6.65. The molecule has 0 unspecified atom stereocenters. The van der Waals surface area contributed by atoms with Crippen molar-refractivity contribution in [2.24, 2.45) is 0 Å². The lowest BCUT2D eigenvalue weighted by molar-refractivity contribution is 0.629. The number of benzene rings is 1. The first-order valence-electron chi connectivity index (χ1n) is 6.90. The highest BCUT2D eigenvalue weighted by atomic mass is 32.2. The maximum Gasteiger partial charge on any atom is 0.124 e. The zero-order valence-electron chi connectivity index (χ0n) is 11.4. The third-order valence-electron chi connectivity index (χ3n) is 3.14. The molecule has 1 saturated carbocycles. The molecule has 1 fully saturated rings. The Hall–Kier alpha value is -1.16. The second-order valence-corrected chi connectivity index (χ2v) is 5.65. The van der Waals surface area contributed by atoms with Crippen LogP contribution in [0, 0.1) is 5.82 Å². The fraction of sp³-hybridized carbons (Fsp3) is 0.467. The molecular weight excluding hydrogens is 259 g/mol. The minimum Gasteiger partial charge on any atom is -0.236 e. The maximum absolute atomic E-state index is 13.3. The van der Waals surface area contributed by atoms with E-state index in [1.54, 1.807) is 24.2 Å². The Labute approximate surface area is 117 Å². The van der Waals surface area contributed by atoms with Crippen LogP contribution in [0.25, 0.3) is 10.9 Å². The maximum atomic E-state index is 13.3. The van der Waals surface area contributed by atoms with Crippen LogP contribution in [0.3, 0.4) is 0 Å². The highest BCUT2D eigenvalue weighted by molar-refractivity contribution is 8.00. The Morgan fingerprint density at radius 3 is 2.63 bits per heavy atom. The van der Waals surface area contributed by atoms with Crippen molar-refractivity contribution in [2.45, 2.75) is 49.8 Å². The van der Waals surface area contributed by atoms with Crippen molar-refractivity contribution in [3.05, 3.63) is 30.3 Å². The molecular formula is C15H19FN2S. The van der Waals surface area contributed by atoms with Gasteiger partial charge in [-0.05, 0) is 31.0 Å². The van der Waals surface area contributed by atoms with Crippen LogP contribution >= 0.6 is 11.8 Å². The van der Waals surface area contributed by atoms with Crippen molar-refractivity contribution in [1.29, 1.82) is 0 Å². The first-order chi connectivity index (χ1) is 9.33. The topological polar surface area (TPSA) is 25.8 Å². The van der Waals surface area contributed by atoms with Gasteiger partial charge in [0, 0.05) is 10.6 Å². The standard InChI is InChI=1S/C13H13FN2S.C2H6/c14-9-5-6-12-11(7-9)13(16-8-15-12)17-10-3-1-2-4-10;1-2/h5-8,10H,1-4H2;1-2H3. The van der Waals surface area contributed by atoms with E-state index in [0.29, 0.717) is 5.25 Å². The lowest BCUT2D eigenvalue weighted by Crippen LogP contribution is -1.96. The SMILES string of the molecule is CC.Fc1ccc2ncnc(SC3CCCC3)c2c1. The molecule has 102 valence electrons. The average molecular weight is 278 g/mol. The van der Waals surface area contributed by atoms with Gasteiger partial charge in [-0.25, -0.2) is 14.4 Å². The molecule has 0 amide bonds. The number of fused-ring (bicyclic) bond motifs is 1. The minimum absolute atomic E-state index is 0.222. The van der Waals surface area contributed by atoms with Crippen molar-refractivity contribution in [3.8, 4) is 0 Å². The summed E-state index contributed by atoms with van der Waals surface area (Å²) in [6, 6.07) is 4.69. The third kappa shape index (κ3) is 3.44. The zero-order valence-corrected chi connectivity index (χ0v) is 12.2. The van der Waals surface area contributed by atoms with E-state index < -0.39 is 0 Å². The summed E-state index contributed by atoms with van der Waals surface area (Å²) in [5.41, 5.74) is 0.821. The van der Waals surface area contributed by atoms with E-state index in [4.69, 9.17) is 0 Å². The summed E-state index contributed by atoms with van der Waals surface area (Å²) in [4.78, 5) is 8.46. The summed E-state index contributed by atoms with van der Waals surface area (Å²) >= 11 is 1.77. The van der Waals surface area contributed by atoms with Crippen molar-refractivity contribution in [3.63, 3.8) is 0 Å². The molecule has 2 aromatic rings. The van der Waals surface area contributed by atoms with Crippen LogP contribution in [0.5, 0.6) is 0 Å². The third-order valence-corrected chi connectivity index (χ3v) is 4.49. The molecule has 1 aliphatic carbocycles. The monoisotopic (exact) mass is 278 g/mol. The molecule has 0 bridgehead atoms. The molecule has 1 aromatic heterocycles. The predicted molar refractivity (Wildman–Crippen MR) is 79.0 cm³/mol. The molecule has 0 atom stereocenters. The van der Waals surface area contributed by atoms with Crippen LogP contribution in [0.2, 0.25) is 0 Å². The second-order valence-electron chi connectivity index (χ2n) is 4.36. The summed E-state index contributed by atoms with van der Waals surface area (Å²) in [5.74, 6) is -0.222. The molecule has 2 nitrogen and oxygen atoms in total. The van der Waals surface area contributed by atoms with Gasteiger partial charge >= 0.3 is 0 Å². The molecule has 0 radical (unpaired) electrons. The van der Waals surface area contributed by atoms with Gasteiger partial charge in [-0.2, -0.15) is 0 Å². The number of halogens is 1. The number of aromatic nitrogens is 2. The number of hydrogen-bond donors (Lipinski definition) is 0. The normalized spacial score (nSPS) is 15.3. The molecule has 3 rings (SSSR count). The van der Waals surface area contributed by atoms with Gasteiger partial charge in [0.2, 0.25) is 0 Å². The Morgan fingerprint density at radius 1 is 1.16 bits per heavy atom. The Bertz CT molecular complexity index is 539. The fourth-order valence-corrected chi connectivity index (χ4v) is 3.55. The highest BCUT2D eigenvalue weighted by Gasteiger charge is 2.18. The van der Waals surface area contributed by atoms with Gasteiger partial charge < -0.3 is 0 Å². The van der Waals surface area contributed by atoms with E-state index in [-0.39, 0.29) is 5.82 Å². The molecule has 1 heterocycles. The first-order valence-corrected chi connectivity index (χ1v) is 7.78. The molecule has 0 saturated heterocycles. The van der Waals surface area contributed by atoms with E-state index in [9.17, 15) is 4.39 Å². The molecule has 1 aromatic carbocycles. The lowest BCUT2D eigenvalue weighted by Gasteiger charge is -2.09. The van der Waals surface area contributed by atoms with Crippen LogP contribution in [0.1, 0.15) is 39.5 Å². The van der Waals surface area contributed by atoms with Crippen LogP contribution < -0.4 is 0 Å². The van der Waals surface area contributed by atoms with Gasteiger partial charge in [-0.1, -0.05) is 26.7 Å². The fourth-order valence-electron chi connectivity index (χ4n) is 2.26. The smallest absolute Gasteiger partial charge is 0.124 e. The van der Waals surface area contributed by atoms with Crippen molar-refractivity contribution in [2.75, 3.05) is 0 Å². The van der Waals surface area contributed by atoms with E-state index >= 15 is 0 Å².